The van der Waals surface area contributed by atoms with E-state index >= 15 is 0 Å². The highest BCUT2D eigenvalue weighted by Gasteiger charge is 2.44. The summed E-state index contributed by atoms with van der Waals surface area (Å²) in [7, 11) is -3.72. The van der Waals surface area contributed by atoms with Gasteiger partial charge in [-0.15, -0.1) is 11.3 Å². The number of benzene rings is 1. The Morgan fingerprint density at radius 2 is 1.94 bits per heavy atom. The molecule has 5 rings (SSSR count). The Labute approximate surface area is 189 Å². The second kappa shape index (κ2) is 7.99. The molecule has 2 atom stereocenters. The minimum Gasteiger partial charge on any atom is -0.317 e. The molecule has 1 aromatic carbocycles. The van der Waals surface area contributed by atoms with Crippen molar-refractivity contribution in [1.29, 1.82) is 0 Å². The van der Waals surface area contributed by atoms with Crippen molar-refractivity contribution in [2.24, 2.45) is 5.92 Å². The topological polar surface area (TPSA) is 101 Å². The lowest BCUT2D eigenvalue weighted by molar-refractivity contribution is -0.117. The lowest BCUT2D eigenvalue weighted by Gasteiger charge is -2.08. The second-order valence-electron chi connectivity index (χ2n) is 7.81. The van der Waals surface area contributed by atoms with Crippen molar-refractivity contribution in [3.8, 4) is 0 Å². The molecule has 1 fully saturated rings. The Morgan fingerprint density at radius 1 is 1.12 bits per heavy atom. The largest absolute Gasteiger partial charge is 0.317 e. The highest BCUT2D eigenvalue weighted by atomic mass is 32.2. The molecule has 1 aliphatic carbocycles. The number of sulfonamides is 1. The van der Waals surface area contributed by atoms with E-state index < -0.39 is 10.0 Å². The molecular formula is C23H20N4O3S2. The number of carbonyl (C=O) groups excluding carboxylic acids is 1. The van der Waals surface area contributed by atoms with Gasteiger partial charge < -0.3 is 5.32 Å². The van der Waals surface area contributed by atoms with Crippen molar-refractivity contribution >= 4 is 48.2 Å². The predicted octanol–water partition coefficient (Wildman–Crippen LogP) is 4.54. The van der Waals surface area contributed by atoms with Gasteiger partial charge in [-0.3, -0.25) is 14.5 Å². The summed E-state index contributed by atoms with van der Waals surface area (Å²) in [6, 6.07) is 13.7. The average Bonchev–Trinajstić information content (AvgIpc) is 3.48. The Morgan fingerprint density at radius 3 is 2.66 bits per heavy atom. The van der Waals surface area contributed by atoms with Gasteiger partial charge in [-0.2, -0.15) is 0 Å². The first-order valence-electron chi connectivity index (χ1n) is 10.1. The minimum atomic E-state index is -3.72. The van der Waals surface area contributed by atoms with Crippen LogP contribution in [0.4, 0.5) is 10.8 Å². The number of anilines is 2. The first-order valence-corrected chi connectivity index (χ1v) is 12.4. The van der Waals surface area contributed by atoms with Gasteiger partial charge in [0.1, 0.15) is 5.82 Å². The molecule has 2 N–H and O–H groups in total. The third-order valence-electron chi connectivity index (χ3n) is 5.54. The third-order valence-corrected chi connectivity index (χ3v) is 7.90. The van der Waals surface area contributed by atoms with Gasteiger partial charge in [-0.05, 0) is 60.7 Å². The van der Waals surface area contributed by atoms with E-state index in [-0.39, 0.29) is 28.5 Å². The number of fused-ring (bicyclic) bond motifs is 1. The molecule has 7 nitrogen and oxygen atoms in total. The van der Waals surface area contributed by atoms with E-state index in [0.717, 1.165) is 32.6 Å². The van der Waals surface area contributed by atoms with Crippen molar-refractivity contribution in [2.45, 2.75) is 24.2 Å². The molecule has 0 unspecified atom stereocenters. The summed E-state index contributed by atoms with van der Waals surface area (Å²) >= 11 is 1.51. The minimum absolute atomic E-state index is 0.0133. The number of hydrogen-bond donors (Lipinski definition) is 2. The zero-order chi connectivity index (χ0) is 22.3. The average molecular weight is 465 g/mol. The van der Waals surface area contributed by atoms with Gasteiger partial charge in [0.05, 0.1) is 14.6 Å². The molecule has 0 spiro atoms. The number of nitrogens with one attached hydrogen (secondary N) is 2. The molecule has 3 aromatic heterocycles. The molecule has 3 heterocycles. The molecular weight excluding hydrogens is 444 g/mol. The summed E-state index contributed by atoms with van der Waals surface area (Å²) in [6.45, 7) is 2.00. The lowest BCUT2D eigenvalue weighted by atomic mass is 10.1. The van der Waals surface area contributed by atoms with Crippen LogP contribution in [0.5, 0.6) is 0 Å². The highest BCUT2D eigenvalue weighted by molar-refractivity contribution is 7.92. The number of hydrogen-bond acceptors (Lipinski definition) is 6. The van der Waals surface area contributed by atoms with Crippen LogP contribution in [0, 0.1) is 12.8 Å². The van der Waals surface area contributed by atoms with Crippen LogP contribution in [0.15, 0.2) is 72.0 Å². The Hall–Kier alpha value is -3.30. The molecule has 9 heteroatoms. The SMILES string of the molecule is Cc1cncc2sc(NC(=O)[C@@H]3C[C@H]3c3ccc(S(=O)(=O)Nc4ccccn4)cc3)cc12. The fourth-order valence-electron chi connectivity index (χ4n) is 3.74. The maximum absolute atomic E-state index is 12.7. The number of thiophene rings is 1. The molecule has 0 bridgehead atoms. The van der Waals surface area contributed by atoms with Crippen molar-refractivity contribution in [3.63, 3.8) is 0 Å². The van der Waals surface area contributed by atoms with Gasteiger partial charge in [-0.25, -0.2) is 13.4 Å². The Balaban J connectivity index is 1.24. The summed E-state index contributed by atoms with van der Waals surface area (Å²) in [5.74, 6) is 0.227. The number of nitrogens with zero attached hydrogens (tertiary/aromatic N) is 2. The van der Waals surface area contributed by atoms with Crippen LogP contribution in [0.1, 0.15) is 23.5 Å². The van der Waals surface area contributed by atoms with Crippen LogP contribution in [0.3, 0.4) is 0 Å². The van der Waals surface area contributed by atoms with Crippen molar-refractivity contribution in [3.05, 3.63) is 78.2 Å². The summed E-state index contributed by atoms with van der Waals surface area (Å²) in [4.78, 5) is 21.1. The normalized spacial score (nSPS) is 17.8. The predicted molar refractivity (Wildman–Crippen MR) is 125 cm³/mol. The van der Waals surface area contributed by atoms with E-state index in [9.17, 15) is 13.2 Å². The molecule has 32 heavy (non-hydrogen) atoms. The number of carbonyl (C=O) groups is 1. The van der Waals surface area contributed by atoms with Gasteiger partial charge in [0, 0.05) is 29.9 Å². The highest BCUT2D eigenvalue weighted by Crippen LogP contribution is 2.48. The van der Waals surface area contributed by atoms with Gasteiger partial charge >= 0.3 is 0 Å². The smallest absolute Gasteiger partial charge is 0.263 e. The maximum atomic E-state index is 12.7. The molecule has 1 aliphatic rings. The van der Waals surface area contributed by atoms with Crippen molar-refractivity contribution < 1.29 is 13.2 Å². The Bertz CT molecular complexity index is 1400. The molecule has 0 radical (unpaired) electrons. The third kappa shape index (κ3) is 4.09. The standard InChI is InChI=1S/C23H20N4O3S2/c1-14-12-24-13-20-17(14)11-22(31-20)26-23(28)19-10-18(19)15-5-7-16(8-6-15)32(29,30)27-21-4-2-3-9-25-21/h2-9,11-13,18-19H,10H2,1H3,(H,25,27)(H,26,28)/t18-,19+/m0/s1. The molecule has 1 saturated carbocycles. The van der Waals surface area contributed by atoms with Crippen LogP contribution in [0.2, 0.25) is 0 Å². The van der Waals surface area contributed by atoms with Crippen LogP contribution >= 0.6 is 11.3 Å². The van der Waals surface area contributed by atoms with Crippen molar-refractivity contribution in [2.75, 3.05) is 10.0 Å². The van der Waals surface area contributed by atoms with Gasteiger partial charge in [0.15, 0.2) is 0 Å². The summed E-state index contributed by atoms with van der Waals surface area (Å²) < 4.78 is 28.6. The molecule has 162 valence electrons. The molecule has 1 amide bonds. The number of aryl methyl sites for hydroxylation is 1. The van der Waals surface area contributed by atoms with Gasteiger partial charge in [-0.1, -0.05) is 18.2 Å². The zero-order valence-corrected chi connectivity index (χ0v) is 18.8. The summed E-state index contributed by atoms with van der Waals surface area (Å²) in [6.07, 6.45) is 5.89. The fourth-order valence-corrected chi connectivity index (χ4v) is 5.76. The maximum Gasteiger partial charge on any atom is 0.263 e. The number of amides is 1. The number of rotatable bonds is 6. The van der Waals surface area contributed by atoms with E-state index in [1.165, 1.54) is 17.5 Å². The van der Waals surface area contributed by atoms with E-state index in [1.54, 1.807) is 48.7 Å². The van der Waals surface area contributed by atoms with Crippen LogP contribution in [0.25, 0.3) is 10.1 Å². The number of pyridine rings is 2. The van der Waals surface area contributed by atoms with E-state index in [0.29, 0.717) is 0 Å². The van der Waals surface area contributed by atoms with Crippen LogP contribution in [-0.4, -0.2) is 24.3 Å². The van der Waals surface area contributed by atoms with E-state index in [1.807, 2.05) is 19.2 Å². The monoisotopic (exact) mass is 464 g/mol. The van der Waals surface area contributed by atoms with Gasteiger partial charge in [0.2, 0.25) is 5.91 Å². The Kier molecular flexibility index (Phi) is 5.15. The lowest BCUT2D eigenvalue weighted by Crippen LogP contribution is -2.14. The molecule has 4 aromatic rings. The summed E-state index contributed by atoms with van der Waals surface area (Å²) in [5, 5.41) is 4.94. The number of aromatic nitrogens is 2. The fraction of sp³-hybridized carbons (Fsp3) is 0.174. The molecule has 0 aliphatic heterocycles. The first-order chi connectivity index (χ1) is 15.4. The van der Waals surface area contributed by atoms with Crippen LogP contribution in [-0.2, 0) is 14.8 Å². The van der Waals surface area contributed by atoms with E-state index in [2.05, 4.69) is 20.0 Å². The quantitative estimate of drug-likeness (QED) is 0.436. The van der Waals surface area contributed by atoms with Gasteiger partial charge in [0.25, 0.3) is 10.0 Å². The summed E-state index contributed by atoms with van der Waals surface area (Å²) in [5.41, 5.74) is 2.04. The second-order valence-corrected chi connectivity index (χ2v) is 10.6. The zero-order valence-electron chi connectivity index (χ0n) is 17.1. The molecule has 0 saturated heterocycles. The van der Waals surface area contributed by atoms with Crippen molar-refractivity contribution in [1.82, 2.24) is 9.97 Å². The van der Waals surface area contributed by atoms with E-state index in [4.69, 9.17) is 0 Å². The first kappa shape index (κ1) is 20.6. The van der Waals surface area contributed by atoms with Crippen LogP contribution < -0.4 is 10.0 Å².